The van der Waals surface area contributed by atoms with E-state index in [9.17, 15) is 9.59 Å². The Labute approximate surface area is 180 Å². The summed E-state index contributed by atoms with van der Waals surface area (Å²) < 4.78 is 1.50. The molecule has 3 rings (SSSR count). The highest BCUT2D eigenvalue weighted by molar-refractivity contribution is 6.37. The maximum absolute atomic E-state index is 12.4. The van der Waals surface area contributed by atoms with Gasteiger partial charge in [-0.15, -0.1) is 5.10 Å². The highest BCUT2D eigenvalue weighted by Gasteiger charge is 2.21. The number of carbonyl (C=O) groups excluding carboxylic acids is 2. The van der Waals surface area contributed by atoms with Gasteiger partial charge in [0.15, 0.2) is 0 Å². The van der Waals surface area contributed by atoms with Gasteiger partial charge in [-0.25, -0.2) is 9.67 Å². The average Bonchev–Trinajstić information content (AvgIpc) is 3.15. The zero-order chi connectivity index (χ0) is 20.8. The first-order valence-corrected chi connectivity index (χ1v) is 10.7. The van der Waals surface area contributed by atoms with Crippen molar-refractivity contribution in [2.75, 3.05) is 13.1 Å². The number of nitrogens with one attached hydrogen (secondary N) is 2. The molecule has 0 aliphatic heterocycles. The predicted octanol–water partition coefficient (Wildman–Crippen LogP) is 3.56. The van der Waals surface area contributed by atoms with E-state index in [-0.39, 0.29) is 17.6 Å². The van der Waals surface area contributed by atoms with E-state index in [1.807, 2.05) is 6.92 Å². The van der Waals surface area contributed by atoms with Crippen LogP contribution < -0.4 is 10.6 Å². The Morgan fingerprint density at radius 2 is 1.76 bits per heavy atom. The summed E-state index contributed by atoms with van der Waals surface area (Å²) in [4.78, 5) is 28.9. The van der Waals surface area contributed by atoms with E-state index in [1.54, 1.807) is 18.2 Å². The Hall–Kier alpha value is -2.12. The van der Waals surface area contributed by atoms with Crippen molar-refractivity contribution in [3.8, 4) is 5.69 Å². The van der Waals surface area contributed by atoms with Gasteiger partial charge < -0.3 is 10.6 Å². The average molecular weight is 438 g/mol. The molecule has 1 aromatic carbocycles. The standard InChI is InChI=1S/C20H25Cl2N5O2/c1-2-16-25-18(26-27(16)17-14(21)9-6-10-15(17)22)20(29)24-12-11-23-19(28)13-7-4-3-5-8-13/h6,9-10,13H,2-5,7-8,11-12H2,1H3,(H,23,28)(H,24,29). The van der Waals surface area contributed by atoms with Gasteiger partial charge in [-0.2, -0.15) is 0 Å². The second-order valence-corrected chi connectivity index (χ2v) is 7.88. The van der Waals surface area contributed by atoms with Gasteiger partial charge >= 0.3 is 0 Å². The van der Waals surface area contributed by atoms with Crippen LogP contribution in [0.15, 0.2) is 18.2 Å². The second-order valence-electron chi connectivity index (χ2n) is 7.07. The third kappa shape index (κ3) is 5.28. The number of nitrogens with zero attached hydrogens (tertiary/aromatic N) is 3. The minimum atomic E-state index is -0.409. The van der Waals surface area contributed by atoms with Crippen molar-refractivity contribution >= 4 is 35.0 Å². The summed E-state index contributed by atoms with van der Waals surface area (Å²) in [5.41, 5.74) is 0.499. The highest BCUT2D eigenvalue weighted by Crippen LogP contribution is 2.28. The van der Waals surface area contributed by atoms with Crippen LogP contribution in [0.25, 0.3) is 5.69 Å². The number of hydrogen-bond donors (Lipinski definition) is 2. The summed E-state index contributed by atoms with van der Waals surface area (Å²) in [6.07, 6.45) is 5.88. The number of para-hydroxylation sites is 1. The third-order valence-electron chi connectivity index (χ3n) is 5.03. The molecule has 0 saturated heterocycles. The number of rotatable bonds is 7. The normalized spacial score (nSPS) is 14.6. The fourth-order valence-electron chi connectivity index (χ4n) is 3.49. The minimum Gasteiger partial charge on any atom is -0.354 e. The topological polar surface area (TPSA) is 88.9 Å². The molecule has 2 aromatic rings. The molecule has 2 N–H and O–H groups in total. The molecule has 1 aromatic heterocycles. The highest BCUT2D eigenvalue weighted by atomic mass is 35.5. The number of benzene rings is 1. The molecule has 156 valence electrons. The number of carbonyl (C=O) groups is 2. The van der Waals surface area contributed by atoms with Crippen LogP contribution in [0.5, 0.6) is 0 Å². The third-order valence-corrected chi connectivity index (χ3v) is 5.64. The molecule has 1 heterocycles. The molecule has 1 saturated carbocycles. The van der Waals surface area contributed by atoms with Crippen LogP contribution in [-0.2, 0) is 11.2 Å². The molecule has 1 aliphatic rings. The van der Waals surface area contributed by atoms with Crippen LogP contribution in [0.2, 0.25) is 10.0 Å². The molecule has 0 atom stereocenters. The van der Waals surface area contributed by atoms with E-state index in [0.717, 1.165) is 25.7 Å². The first-order valence-electron chi connectivity index (χ1n) is 9.97. The van der Waals surface area contributed by atoms with E-state index in [2.05, 4.69) is 20.7 Å². The van der Waals surface area contributed by atoms with Gasteiger partial charge in [0.1, 0.15) is 11.5 Å². The molecule has 1 aliphatic carbocycles. The number of aryl methyl sites for hydroxylation is 1. The maximum atomic E-state index is 12.4. The minimum absolute atomic E-state index is 0.0384. The molecule has 0 unspecified atom stereocenters. The number of halogens is 2. The van der Waals surface area contributed by atoms with E-state index in [1.165, 1.54) is 11.1 Å². The van der Waals surface area contributed by atoms with Crippen molar-refractivity contribution in [1.29, 1.82) is 0 Å². The largest absolute Gasteiger partial charge is 0.354 e. The SMILES string of the molecule is CCc1nc(C(=O)NCCNC(=O)C2CCCCC2)nn1-c1c(Cl)cccc1Cl. The Kier molecular flexibility index (Phi) is 7.50. The maximum Gasteiger partial charge on any atom is 0.291 e. The van der Waals surface area contributed by atoms with Gasteiger partial charge in [-0.1, -0.05) is 55.5 Å². The summed E-state index contributed by atoms with van der Waals surface area (Å²) in [5.74, 6) is 0.382. The van der Waals surface area contributed by atoms with E-state index >= 15 is 0 Å². The number of aromatic nitrogens is 3. The molecule has 29 heavy (non-hydrogen) atoms. The molecule has 0 bridgehead atoms. The van der Waals surface area contributed by atoms with Crippen LogP contribution in [-0.4, -0.2) is 39.7 Å². The quantitative estimate of drug-likeness (QED) is 0.647. The first kappa shape index (κ1) is 21.6. The molecule has 0 radical (unpaired) electrons. The van der Waals surface area contributed by atoms with E-state index in [0.29, 0.717) is 41.1 Å². The smallest absolute Gasteiger partial charge is 0.291 e. The van der Waals surface area contributed by atoms with Gasteiger partial charge in [0, 0.05) is 25.4 Å². The monoisotopic (exact) mass is 437 g/mol. The zero-order valence-corrected chi connectivity index (χ0v) is 17.9. The molecule has 7 nitrogen and oxygen atoms in total. The van der Waals surface area contributed by atoms with Crippen molar-refractivity contribution in [2.45, 2.75) is 45.4 Å². The molecular formula is C20H25Cl2N5O2. The predicted molar refractivity (Wildman–Crippen MR) is 113 cm³/mol. The summed E-state index contributed by atoms with van der Waals surface area (Å²) in [6.45, 7) is 2.59. The number of hydrogen-bond acceptors (Lipinski definition) is 4. The Morgan fingerprint density at radius 1 is 1.10 bits per heavy atom. The second kappa shape index (κ2) is 10.1. The van der Waals surface area contributed by atoms with Crippen molar-refractivity contribution < 1.29 is 9.59 Å². The summed E-state index contributed by atoms with van der Waals surface area (Å²) in [5, 5.41) is 10.8. The van der Waals surface area contributed by atoms with Crippen LogP contribution >= 0.6 is 23.2 Å². The lowest BCUT2D eigenvalue weighted by Gasteiger charge is -2.20. The fourth-order valence-corrected chi connectivity index (χ4v) is 4.05. The van der Waals surface area contributed by atoms with Crippen molar-refractivity contribution in [1.82, 2.24) is 25.4 Å². The lowest BCUT2D eigenvalue weighted by Crippen LogP contribution is -2.38. The van der Waals surface area contributed by atoms with E-state index in [4.69, 9.17) is 23.2 Å². The lowest BCUT2D eigenvalue weighted by atomic mass is 9.89. The molecule has 9 heteroatoms. The molecular weight excluding hydrogens is 413 g/mol. The van der Waals surface area contributed by atoms with Crippen molar-refractivity contribution in [3.63, 3.8) is 0 Å². The van der Waals surface area contributed by atoms with Gasteiger partial charge in [0.05, 0.1) is 10.0 Å². The molecule has 0 spiro atoms. The first-order chi connectivity index (χ1) is 14.0. The Balaban J connectivity index is 1.59. The molecule has 1 fully saturated rings. The van der Waals surface area contributed by atoms with Gasteiger partial charge in [-0.3, -0.25) is 9.59 Å². The Morgan fingerprint density at radius 3 is 2.41 bits per heavy atom. The summed E-state index contributed by atoms with van der Waals surface area (Å²) in [6, 6.07) is 5.16. The molecule has 2 amide bonds. The van der Waals surface area contributed by atoms with Crippen LogP contribution in [0, 0.1) is 5.92 Å². The van der Waals surface area contributed by atoms with Gasteiger partial charge in [0.25, 0.3) is 5.91 Å². The summed E-state index contributed by atoms with van der Waals surface area (Å²) in [7, 11) is 0. The summed E-state index contributed by atoms with van der Waals surface area (Å²) >= 11 is 12.5. The van der Waals surface area contributed by atoms with Crippen LogP contribution in [0.4, 0.5) is 0 Å². The van der Waals surface area contributed by atoms with E-state index < -0.39 is 5.91 Å². The van der Waals surface area contributed by atoms with Gasteiger partial charge in [0.2, 0.25) is 11.7 Å². The van der Waals surface area contributed by atoms with Crippen molar-refractivity contribution in [3.05, 3.63) is 39.9 Å². The zero-order valence-electron chi connectivity index (χ0n) is 16.4. The van der Waals surface area contributed by atoms with Crippen LogP contribution in [0.3, 0.4) is 0 Å². The van der Waals surface area contributed by atoms with Crippen molar-refractivity contribution in [2.24, 2.45) is 5.92 Å². The lowest BCUT2D eigenvalue weighted by molar-refractivity contribution is -0.125. The Bertz CT molecular complexity index is 858. The fraction of sp³-hybridized carbons (Fsp3) is 0.500. The van der Waals surface area contributed by atoms with Crippen LogP contribution in [0.1, 0.15) is 55.5 Å². The number of amides is 2. The van der Waals surface area contributed by atoms with Gasteiger partial charge in [-0.05, 0) is 25.0 Å².